The highest BCUT2D eigenvalue weighted by Gasteiger charge is 2.17. The Morgan fingerprint density at radius 1 is 1.00 bits per heavy atom. The van der Waals surface area contributed by atoms with Gasteiger partial charge in [0.05, 0.1) is 17.5 Å². The molecule has 1 N–H and O–H groups in total. The molecule has 2 aromatic carbocycles. The van der Waals surface area contributed by atoms with Gasteiger partial charge in [-0.25, -0.2) is 0 Å². The highest BCUT2D eigenvalue weighted by atomic mass is 16.5. The lowest BCUT2D eigenvalue weighted by Crippen LogP contribution is -2.14. The molecule has 26 heavy (non-hydrogen) atoms. The standard InChI is InChI=1S/C21H16N2O3/c24-21(23-19-10-4-9-18-17(19)8-5-12-22-18)20-15(11-13-25-20)14-26-16-6-2-1-3-7-16/h1-13H,14H2,(H,23,24). The van der Waals surface area contributed by atoms with Crippen molar-refractivity contribution in [1.29, 1.82) is 0 Å². The zero-order valence-corrected chi connectivity index (χ0v) is 13.9. The molecule has 2 heterocycles. The lowest BCUT2D eigenvalue weighted by atomic mass is 10.1. The van der Waals surface area contributed by atoms with Crippen molar-refractivity contribution in [2.24, 2.45) is 0 Å². The van der Waals surface area contributed by atoms with Crippen LogP contribution in [0.2, 0.25) is 0 Å². The fourth-order valence-corrected chi connectivity index (χ4v) is 2.72. The van der Waals surface area contributed by atoms with Gasteiger partial charge in [-0.15, -0.1) is 0 Å². The van der Waals surface area contributed by atoms with Crippen LogP contribution >= 0.6 is 0 Å². The second kappa shape index (κ2) is 7.11. The van der Waals surface area contributed by atoms with Gasteiger partial charge in [-0.05, 0) is 42.5 Å². The first-order valence-corrected chi connectivity index (χ1v) is 8.20. The number of nitrogens with one attached hydrogen (secondary N) is 1. The van der Waals surface area contributed by atoms with Crippen LogP contribution in [0.1, 0.15) is 16.1 Å². The van der Waals surface area contributed by atoms with Crippen molar-refractivity contribution >= 4 is 22.5 Å². The van der Waals surface area contributed by atoms with E-state index in [0.717, 1.165) is 16.7 Å². The zero-order valence-electron chi connectivity index (χ0n) is 13.9. The number of hydrogen-bond acceptors (Lipinski definition) is 4. The molecule has 0 spiro atoms. The van der Waals surface area contributed by atoms with Crippen molar-refractivity contribution < 1.29 is 13.9 Å². The van der Waals surface area contributed by atoms with Crippen LogP contribution in [-0.2, 0) is 6.61 Å². The smallest absolute Gasteiger partial charge is 0.291 e. The fourth-order valence-electron chi connectivity index (χ4n) is 2.72. The minimum Gasteiger partial charge on any atom is -0.489 e. The highest BCUT2D eigenvalue weighted by Crippen LogP contribution is 2.23. The molecule has 128 valence electrons. The Bertz CT molecular complexity index is 1040. The van der Waals surface area contributed by atoms with E-state index in [2.05, 4.69) is 10.3 Å². The number of rotatable bonds is 5. The normalized spacial score (nSPS) is 10.6. The molecular weight excluding hydrogens is 328 g/mol. The molecule has 0 bridgehead atoms. The number of ether oxygens (including phenoxy) is 1. The van der Waals surface area contributed by atoms with E-state index in [9.17, 15) is 4.79 Å². The Balaban J connectivity index is 1.53. The molecule has 4 aromatic rings. The largest absolute Gasteiger partial charge is 0.489 e. The van der Waals surface area contributed by atoms with Crippen LogP contribution in [0, 0.1) is 0 Å². The van der Waals surface area contributed by atoms with Crippen LogP contribution in [0.15, 0.2) is 83.6 Å². The summed E-state index contributed by atoms with van der Waals surface area (Å²) in [7, 11) is 0. The molecule has 0 aliphatic heterocycles. The number of amides is 1. The number of anilines is 1. The van der Waals surface area contributed by atoms with Crippen LogP contribution in [-0.4, -0.2) is 10.9 Å². The van der Waals surface area contributed by atoms with Gasteiger partial charge in [0.15, 0.2) is 5.76 Å². The highest BCUT2D eigenvalue weighted by molar-refractivity contribution is 6.07. The third-order valence-electron chi connectivity index (χ3n) is 3.98. The van der Waals surface area contributed by atoms with Gasteiger partial charge >= 0.3 is 0 Å². The molecule has 0 atom stereocenters. The number of benzene rings is 2. The van der Waals surface area contributed by atoms with Crippen molar-refractivity contribution in [1.82, 2.24) is 4.98 Å². The van der Waals surface area contributed by atoms with Crippen molar-refractivity contribution in [3.05, 3.63) is 90.5 Å². The zero-order chi connectivity index (χ0) is 17.8. The number of carbonyl (C=O) groups excluding carboxylic acids is 1. The van der Waals surface area contributed by atoms with Crippen molar-refractivity contribution in [2.75, 3.05) is 5.32 Å². The topological polar surface area (TPSA) is 64.4 Å². The van der Waals surface area contributed by atoms with Crippen molar-refractivity contribution in [2.45, 2.75) is 6.61 Å². The van der Waals surface area contributed by atoms with Crippen molar-refractivity contribution in [3.8, 4) is 5.75 Å². The van der Waals surface area contributed by atoms with Gasteiger partial charge in [0.2, 0.25) is 0 Å². The number of nitrogens with zero attached hydrogens (tertiary/aromatic N) is 1. The Morgan fingerprint density at radius 3 is 2.77 bits per heavy atom. The number of furan rings is 1. The van der Waals surface area contributed by atoms with E-state index >= 15 is 0 Å². The molecular formula is C21H16N2O3. The van der Waals surface area contributed by atoms with Crippen molar-refractivity contribution in [3.63, 3.8) is 0 Å². The molecule has 0 saturated carbocycles. The molecule has 0 radical (unpaired) electrons. The Labute approximate surface area is 150 Å². The van der Waals surface area contributed by atoms with Gasteiger partial charge in [-0.1, -0.05) is 24.3 Å². The fraction of sp³-hybridized carbons (Fsp3) is 0.0476. The molecule has 4 rings (SSSR count). The molecule has 5 nitrogen and oxygen atoms in total. The third-order valence-corrected chi connectivity index (χ3v) is 3.98. The van der Waals surface area contributed by atoms with Crippen LogP contribution in [0.4, 0.5) is 5.69 Å². The van der Waals surface area contributed by atoms with E-state index in [0.29, 0.717) is 11.3 Å². The lowest BCUT2D eigenvalue weighted by Gasteiger charge is -2.09. The maximum absolute atomic E-state index is 12.7. The first kappa shape index (κ1) is 15.9. The average molecular weight is 344 g/mol. The Hall–Kier alpha value is -3.60. The number of pyridine rings is 1. The molecule has 0 aliphatic carbocycles. The minimum atomic E-state index is -0.321. The van der Waals surface area contributed by atoms with Gasteiger partial charge in [0, 0.05) is 17.1 Å². The number of fused-ring (bicyclic) bond motifs is 1. The van der Waals surface area contributed by atoms with E-state index < -0.39 is 0 Å². The molecule has 0 aliphatic rings. The first-order valence-electron chi connectivity index (χ1n) is 8.20. The summed E-state index contributed by atoms with van der Waals surface area (Å²) < 4.78 is 11.1. The maximum atomic E-state index is 12.7. The van der Waals surface area contributed by atoms with Gasteiger partial charge in [0.1, 0.15) is 12.4 Å². The summed E-state index contributed by atoms with van der Waals surface area (Å²) in [5, 5.41) is 3.77. The van der Waals surface area contributed by atoms with E-state index in [4.69, 9.17) is 9.15 Å². The maximum Gasteiger partial charge on any atom is 0.291 e. The van der Waals surface area contributed by atoms with E-state index in [1.165, 1.54) is 6.26 Å². The summed E-state index contributed by atoms with van der Waals surface area (Å²) >= 11 is 0. The monoisotopic (exact) mass is 344 g/mol. The van der Waals surface area contributed by atoms with Gasteiger partial charge in [-0.2, -0.15) is 0 Å². The lowest BCUT2D eigenvalue weighted by molar-refractivity contribution is 0.0993. The van der Waals surface area contributed by atoms with Gasteiger partial charge in [0.25, 0.3) is 5.91 Å². The second-order valence-electron chi connectivity index (χ2n) is 5.71. The predicted molar refractivity (Wildman–Crippen MR) is 99.2 cm³/mol. The molecule has 0 fully saturated rings. The summed E-state index contributed by atoms with van der Waals surface area (Å²) in [6, 6.07) is 20.5. The number of para-hydroxylation sites is 1. The molecule has 1 amide bonds. The molecule has 2 aromatic heterocycles. The van der Waals surface area contributed by atoms with Crippen LogP contribution in [0.5, 0.6) is 5.75 Å². The summed E-state index contributed by atoms with van der Waals surface area (Å²) in [5.74, 6) is 0.653. The Morgan fingerprint density at radius 2 is 1.88 bits per heavy atom. The molecule has 0 unspecified atom stereocenters. The summed E-state index contributed by atoms with van der Waals surface area (Å²) in [6.45, 7) is 0.250. The van der Waals surface area contributed by atoms with Gasteiger partial charge < -0.3 is 14.5 Å². The second-order valence-corrected chi connectivity index (χ2v) is 5.71. The van der Waals surface area contributed by atoms with E-state index in [-0.39, 0.29) is 18.3 Å². The molecule has 0 saturated heterocycles. The number of aromatic nitrogens is 1. The summed E-state index contributed by atoms with van der Waals surface area (Å²) in [5.41, 5.74) is 2.19. The van der Waals surface area contributed by atoms with Crippen LogP contribution in [0.3, 0.4) is 0 Å². The first-order chi connectivity index (χ1) is 12.8. The number of carbonyl (C=O) groups is 1. The number of hydrogen-bond donors (Lipinski definition) is 1. The average Bonchev–Trinajstić information content (AvgIpc) is 3.16. The van der Waals surface area contributed by atoms with Gasteiger partial charge in [-0.3, -0.25) is 9.78 Å². The SMILES string of the molecule is O=C(Nc1cccc2ncccc12)c1occc1COc1ccccc1. The quantitative estimate of drug-likeness (QED) is 0.572. The minimum absolute atomic E-state index is 0.238. The summed E-state index contributed by atoms with van der Waals surface area (Å²) in [6.07, 6.45) is 3.21. The van der Waals surface area contributed by atoms with Crippen LogP contribution < -0.4 is 10.1 Å². The van der Waals surface area contributed by atoms with E-state index in [1.54, 1.807) is 12.3 Å². The third kappa shape index (κ3) is 3.28. The van der Waals surface area contributed by atoms with E-state index in [1.807, 2.05) is 60.7 Å². The predicted octanol–water partition coefficient (Wildman–Crippen LogP) is 4.66. The Kier molecular flexibility index (Phi) is 4.35. The summed E-state index contributed by atoms with van der Waals surface area (Å²) in [4.78, 5) is 17.0. The molecule has 5 heteroatoms. The van der Waals surface area contributed by atoms with Crippen LogP contribution in [0.25, 0.3) is 10.9 Å².